The molecule has 1 fully saturated rings. The Morgan fingerprint density at radius 3 is 2.74 bits per heavy atom. The molecule has 104 valence electrons. The van der Waals surface area contributed by atoms with E-state index in [1.54, 1.807) is 0 Å². The Morgan fingerprint density at radius 1 is 1.11 bits per heavy atom. The van der Waals surface area contributed by atoms with E-state index in [1.165, 1.54) is 12.0 Å². The molecule has 0 spiro atoms. The molecule has 0 bridgehead atoms. The van der Waals surface area contributed by atoms with Crippen LogP contribution in [-0.2, 0) is 6.54 Å². The van der Waals surface area contributed by atoms with E-state index in [0.717, 1.165) is 37.3 Å². The van der Waals surface area contributed by atoms with Crippen LogP contribution in [0.4, 0.5) is 0 Å². The second kappa shape index (κ2) is 5.80. The second-order valence-corrected chi connectivity index (χ2v) is 5.32. The van der Waals surface area contributed by atoms with Crippen molar-refractivity contribution in [1.29, 1.82) is 0 Å². The van der Waals surface area contributed by atoms with Crippen LogP contribution in [0.3, 0.4) is 0 Å². The topological polar surface area (TPSA) is 50.7 Å². The van der Waals surface area contributed by atoms with Crippen molar-refractivity contribution >= 4 is 0 Å². The van der Waals surface area contributed by atoms with Crippen molar-refractivity contribution in [2.45, 2.75) is 44.4 Å². The van der Waals surface area contributed by atoms with Crippen LogP contribution in [0, 0.1) is 0 Å². The zero-order chi connectivity index (χ0) is 13.1. The van der Waals surface area contributed by atoms with Crippen LogP contribution in [0.25, 0.3) is 0 Å². The van der Waals surface area contributed by atoms with Crippen molar-refractivity contribution in [1.82, 2.24) is 5.32 Å². The molecule has 3 rings (SSSR count). The minimum absolute atomic E-state index is 0.203. The van der Waals surface area contributed by atoms with E-state index in [1.807, 2.05) is 12.1 Å². The zero-order valence-electron chi connectivity index (χ0n) is 11.1. The lowest BCUT2D eigenvalue weighted by Gasteiger charge is -2.28. The van der Waals surface area contributed by atoms with Crippen LogP contribution in [0.5, 0.6) is 11.5 Å². The maximum absolute atomic E-state index is 9.93. The van der Waals surface area contributed by atoms with Gasteiger partial charge < -0.3 is 19.9 Å². The Balaban J connectivity index is 1.60. The smallest absolute Gasteiger partial charge is 0.161 e. The number of hydrogen-bond donors (Lipinski definition) is 2. The van der Waals surface area contributed by atoms with E-state index in [9.17, 15) is 5.11 Å². The van der Waals surface area contributed by atoms with Gasteiger partial charge in [-0.15, -0.1) is 0 Å². The number of aliphatic hydroxyl groups excluding tert-OH is 1. The molecule has 1 saturated carbocycles. The number of benzene rings is 1. The van der Waals surface area contributed by atoms with Crippen LogP contribution in [0.2, 0.25) is 0 Å². The van der Waals surface area contributed by atoms with Gasteiger partial charge in [0.25, 0.3) is 0 Å². The molecule has 1 aliphatic heterocycles. The van der Waals surface area contributed by atoms with E-state index in [-0.39, 0.29) is 12.1 Å². The van der Waals surface area contributed by atoms with Gasteiger partial charge >= 0.3 is 0 Å². The first-order chi connectivity index (χ1) is 9.33. The van der Waals surface area contributed by atoms with Crippen molar-refractivity contribution in [3.63, 3.8) is 0 Å². The second-order valence-electron chi connectivity index (χ2n) is 5.32. The predicted molar refractivity (Wildman–Crippen MR) is 72.5 cm³/mol. The standard InChI is InChI=1S/C15H21NO3/c17-13-4-2-1-3-12(13)16-10-11-5-6-14-15(9-11)19-8-7-18-14/h5-6,9,12-13,16-17H,1-4,7-8,10H2. The van der Waals surface area contributed by atoms with E-state index in [0.29, 0.717) is 13.2 Å². The predicted octanol–water partition coefficient (Wildman–Crippen LogP) is 1.85. The Hall–Kier alpha value is -1.26. The molecule has 0 amide bonds. The molecule has 2 unspecified atom stereocenters. The van der Waals surface area contributed by atoms with E-state index in [4.69, 9.17) is 9.47 Å². The van der Waals surface area contributed by atoms with Gasteiger partial charge in [0.05, 0.1) is 6.10 Å². The molecule has 4 heteroatoms. The van der Waals surface area contributed by atoms with Crippen molar-refractivity contribution in [2.24, 2.45) is 0 Å². The molecule has 4 nitrogen and oxygen atoms in total. The van der Waals surface area contributed by atoms with Gasteiger partial charge in [-0.1, -0.05) is 18.9 Å². The highest BCUT2D eigenvalue weighted by Crippen LogP contribution is 2.30. The first-order valence-electron chi connectivity index (χ1n) is 7.13. The van der Waals surface area contributed by atoms with Gasteiger partial charge in [0.2, 0.25) is 0 Å². The molecular formula is C15H21NO3. The fourth-order valence-corrected chi connectivity index (χ4v) is 2.80. The Labute approximate surface area is 113 Å². The summed E-state index contributed by atoms with van der Waals surface area (Å²) in [5.74, 6) is 1.66. The van der Waals surface area contributed by atoms with Crippen molar-refractivity contribution in [3.05, 3.63) is 23.8 Å². The minimum atomic E-state index is -0.203. The SMILES string of the molecule is OC1CCCCC1NCc1ccc2c(c1)OCCO2. The summed E-state index contributed by atoms with van der Waals surface area (Å²) >= 11 is 0. The number of nitrogens with one attached hydrogen (secondary N) is 1. The lowest BCUT2D eigenvalue weighted by molar-refractivity contribution is 0.0902. The van der Waals surface area contributed by atoms with Gasteiger partial charge in [-0.05, 0) is 30.5 Å². The van der Waals surface area contributed by atoms with Crippen molar-refractivity contribution < 1.29 is 14.6 Å². The highest BCUT2D eigenvalue weighted by atomic mass is 16.6. The van der Waals surface area contributed by atoms with Gasteiger partial charge in [0.1, 0.15) is 13.2 Å². The van der Waals surface area contributed by atoms with Crippen molar-refractivity contribution in [2.75, 3.05) is 13.2 Å². The first-order valence-corrected chi connectivity index (χ1v) is 7.13. The van der Waals surface area contributed by atoms with Crippen LogP contribution < -0.4 is 14.8 Å². The molecule has 0 aromatic heterocycles. The molecule has 19 heavy (non-hydrogen) atoms. The molecule has 1 aromatic carbocycles. The summed E-state index contributed by atoms with van der Waals surface area (Å²) in [6, 6.07) is 6.26. The van der Waals surface area contributed by atoms with Gasteiger partial charge in [-0.2, -0.15) is 0 Å². The maximum atomic E-state index is 9.93. The molecule has 2 N–H and O–H groups in total. The summed E-state index contributed by atoms with van der Waals surface area (Å²) in [4.78, 5) is 0. The Kier molecular flexibility index (Phi) is 3.89. The molecule has 2 atom stereocenters. The summed E-state index contributed by atoms with van der Waals surface area (Å²) in [6.45, 7) is 2.00. The average Bonchev–Trinajstić information content (AvgIpc) is 2.46. The van der Waals surface area contributed by atoms with Crippen LogP contribution in [0.15, 0.2) is 18.2 Å². The molecule has 1 aliphatic carbocycles. The summed E-state index contributed by atoms with van der Waals surface area (Å²) in [5.41, 5.74) is 1.17. The third-order valence-corrected chi connectivity index (χ3v) is 3.90. The van der Waals surface area contributed by atoms with Crippen molar-refractivity contribution in [3.8, 4) is 11.5 Å². The molecule has 1 heterocycles. The lowest BCUT2D eigenvalue weighted by atomic mass is 9.92. The summed E-state index contributed by atoms with van der Waals surface area (Å²) in [7, 11) is 0. The van der Waals surface area contributed by atoms with E-state index < -0.39 is 0 Å². The van der Waals surface area contributed by atoms with Crippen LogP contribution in [-0.4, -0.2) is 30.5 Å². The average molecular weight is 263 g/mol. The third-order valence-electron chi connectivity index (χ3n) is 3.90. The Morgan fingerprint density at radius 2 is 1.89 bits per heavy atom. The number of hydrogen-bond acceptors (Lipinski definition) is 4. The summed E-state index contributed by atoms with van der Waals surface area (Å²) in [5, 5.41) is 13.4. The molecule has 1 aromatic rings. The quantitative estimate of drug-likeness (QED) is 0.874. The molecular weight excluding hydrogens is 242 g/mol. The number of aliphatic hydroxyl groups is 1. The largest absolute Gasteiger partial charge is 0.486 e. The minimum Gasteiger partial charge on any atom is -0.486 e. The highest BCUT2D eigenvalue weighted by Gasteiger charge is 2.22. The number of rotatable bonds is 3. The molecule has 2 aliphatic rings. The zero-order valence-corrected chi connectivity index (χ0v) is 11.1. The molecule has 0 radical (unpaired) electrons. The lowest BCUT2D eigenvalue weighted by Crippen LogP contribution is -2.41. The van der Waals surface area contributed by atoms with Crippen LogP contribution in [0.1, 0.15) is 31.2 Å². The Bertz CT molecular complexity index is 435. The highest BCUT2D eigenvalue weighted by molar-refractivity contribution is 5.43. The monoisotopic (exact) mass is 263 g/mol. The first kappa shape index (κ1) is 12.8. The van der Waals surface area contributed by atoms with Gasteiger partial charge in [-0.3, -0.25) is 0 Å². The number of fused-ring (bicyclic) bond motifs is 1. The van der Waals surface area contributed by atoms with E-state index in [2.05, 4.69) is 11.4 Å². The summed E-state index contributed by atoms with van der Waals surface area (Å²) in [6.07, 6.45) is 4.12. The third kappa shape index (κ3) is 3.01. The normalized spacial score (nSPS) is 26.2. The van der Waals surface area contributed by atoms with Gasteiger partial charge in [0, 0.05) is 12.6 Å². The van der Waals surface area contributed by atoms with Crippen LogP contribution >= 0.6 is 0 Å². The fraction of sp³-hybridized carbons (Fsp3) is 0.600. The molecule has 0 saturated heterocycles. The van der Waals surface area contributed by atoms with Gasteiger partial charge in [0.15, 0.2) is 11.5 Å². The summed E-state index contributed by atoms with van der Waals surface area (Å²) < 4.78 is 11.1. The number of ether oxygens (including phenoxy) is 2. The maximum Gasteiger partial charge on any atom is 0.161 e. The van der Waals surface area contributed by atoms with Gasteiger partial charge in [-0.25, -0.2) is 0 Å². The van der Waals surface area contributed by atoms with E-state index >= 15 is 0 Å². The fourth-order valence-electron chi connectivity index (χ4n) is 2.80.